The van der Waals surface area contributed by atoms with E-state index in [0.29, 0.717) is 11.5 Å². The third-order valence-electron chi connectivity index (χ3n) is 3.73. The Balaban J connectivity index is 2.43. The van der Waals surface area contributed by atoms with Crippen molar-refractivity contribution in [3.05, 3.63) is 33.7 Å². The second kappa shape index (κ2) is 7.59. The number of hydrogen-bond donors (Lipinski definition) is 0. The molecule has 1 aromatic carbocycles. The molecular weight excluding hydrogens is 322 g/mol. The van der Waals surface area contributed by atoms with Crippen molar-refractivity contribution >= 4 is 29.0 Å². The van der Waals surface area contributed by atoms with Crippen LogP contribution in [-0.2, 0) is 4.79 Å². The summed E-state index contributed by atoms with van der Waals surface area (Å²) in [6.07, 6.45) is 6.98. The van der Waals surface area contributed by atoms with Gasteiger partial charge in [0.15, 0.2) is 0 Å². The number of carbonyl (C=O) groups is 2. The quantitative estimate of drug-likeness (QED) is 0.594. The molecular formula is C19H21NO3S. The lowest BCUT2D eigenvalue weighted by atomic mass is 9.96. The van der Waals surface area contributed by atoms with Crippen molar-refractivity contribution in [2.45, 2.75) is 33.6 Å². The highest BCUT2D eigenvalue weighted by atomic mass is 32.2. The molecule has 1 saturated heterocycles. The van der Waals surface area contributed by atoms with Crippen LogP contribution in [-0.4, -0.2) is 29.2 Å². The predicted octanol–water partition coefficient (Wildman–Crippen LogP) is 4.19. The highest BCUT2D eigenvalue weighted by Gasteiger charge is 2.34. The van der Waals surface area contributed by atoms with Crippen molar-refractivity contribution in [2.24, 2.45) is 0 Å². The molecule has 0 bridgehead atoms. The molecule has 4 nitrogen and oxygen atoms in total. The number of carbonyl (C=O) groups excluding carboxylic acids is 2. The number of terminal acetylenes is 1. The number of imide groups is 1. The summed E-state index contributed by atoms with van der Waals surface area (Å²) in [5.41, 5.74) is 2.98. The summed E-state index contributed by atoms with van der Waals surface area (Å²) in [5.74, 6) is 3.16. The van der Waals surface area contributed by atoms with Gasteiger partial charge in [-0.05, 0) is 66.4 Å². The summed E-state index contributed by atoms with van der Waals surface area (Å²) < 4.78 is 5.71. The van der Waals surface area contributed by atoms with E-state index in [1.54, 1.807) is 6.08 Å². The van der Waals surface area contributed by atoms with Crippen LogP contribution in [0.5, 0.6) is 5.75 Å². The van der Waals surface area contributed by atoms with Crippen molar-refractivity contribution in [3.8, 4) is 18.1 Å². The highest BCUT2D eigenvalue weighted by Crippen LogP contribution is 2.35. The van der Waals surface area contributed by atoms with Crippen molar-refractivity contribution in [2.75, 3.05) is 13.2 Å². The van der Waals surface area contributed by atoms with E-state index in [9.17, 15) is 9.59 Å². The SMILES string of the molecule is C#CCN1C(=O)S/C(=C/c2cc(C(C)C)c(OCC)cc2C)C1=O. The molecule has 1 aromatic rings. The molecule has 0 spiro atoms. The number of nitrogens with zero attached hydrogens (tertiary/aromatic N) is 1. The normalized spacial score (nSPS) is 16.2. The number of rotatable bonds is 5. The molecule has 2 amide bonds. The highest BCUT2D eigenvalue weighted by molar-refractivity contribution is 8.18. The zero-order chi connectivity index (χ0) is 17.9. The Morgan fingerprint density at radius 3 is 2.67 bits per heavy atom. The molecule has 0 N–H and O–H groups in total. The standard InChI is InChI=1S/C19H21NO3S/c1-6-8-20-18(21)17(24-19(20)22)11-14-10-15(12(3)4)16(23-7-2)9-13(14)5/h1,9-12H,7-8H2,2-5H3/b17-11+. The van der Waals surface area contributed by atoms with E-state index >= 15 is 0 Å². The molecule has 1 heterocycles. The van der Waals surface area contributed by atoms with Gasteiger partial charge in [0.05, 0.1) is 18.1 Å². The maximum absolute atomic E-state index is 12.3. The molecule has 126 valence electrons. The molecule has 24 heavy (non-hydrogen) atoms. The molecule has 0 aliphatic carbocycles. The Bertz CT molecular complexity index is 744. The van der Waals surface area contributed by atoms with Gasteiger partial charge in [0.25, 0.3) is 11.1 Å². The molecule has 0 atom stereocenters. The average Bonchev–Trinajstić information content (AvgIpc) is 2.78. The number of thioether (sulfide) groups is 1. The lowest BCUT2D eigenvalue weighted by molar-refractivity contribution is -0.122. The summed E-state index contributed by atoms with van der Waals surface area (Å²) in [7, 11) is 0. The molecule has 5 heteroatoms. The van der Waals surface area contributed by atoms with E-state index in [-0.39, 0.29) is 23.6 Å². The van der Waals surface area contributed by atoms with Crippen LogP contribution < -0.4 is 4.74 Å². The fraction of sp³-hybridized carbons (Fsp3) is 0.368. The first-order chi connectivity index (χ1) is 11.4. The van der Waals surface area contributed by atoms with Crippen LogP contribution in [0, 0.1) is 19.3 Å². The number of benzene rings is 1. The van der Waals surface area contributed by atoms with Crippen molar-refractivity contribution in [1.82, 2.24) is 4.90 Å². The maximum atomic E-state index is 12.3. The zero-order valence-corrected chi connectivity index (χ0v) is 15.2. The predicted molar refractivity (Wildman–Crippen MR) is 97.9 cm³/mol. The fourth-order valence-corrected chi connectivity index (χ4v) is 3.30. The van der Waals surface area contributed by atoms with E-state index in [0.717, 1.165) is 39.1 Å². The van der Waals surface area contributed by atoms with Crippen molar-refractivity contribution in [1.29, 1.82) is 0 Å². The first-order valence-electron chi connectivity index (χ1n) is 7.85. The van der Waals surface area contributed by atoms with E-state index in [4.69, 9.17) is 11.2 Å². The van der Waals surface area contributed by atoms with E-state index in [1.807, 2.05) is 26.0 Å². The summed E-state index contributed by atoms with van der Waals surface area (Å²) in [5, 5.41) is -0.322. The van der Waals surface area contributed by atoms with Gasteiger partial charge in [0, 0.05) is 0 Å². The van der Waals surface area contributed by atoms with Crippen LogP contribution in [0.15, 0.2) is 17.0 Å². The Labute approximate surface area is 147 Å². The summed E-state index contributed by atoms with van der Waals surface area (Å²) in [6, 6.07) is 4.01. The average molecular weight is 343 g/mol. The molecule has 0 aromatic heterocycles. The van der Waals surface area contributed by atoms with Crippen molar-refractivity contribution in [3.63, 3.8) is 0 Å². The Hall–Kier alpha value is -2.19. The van der Waals surface area contributed by atoms with Gasteiger partial charge in [-0.25, -0.2) is 0 Å². The van der Waals surface area contributed by atoms with Crippen LogP contribution >= 0.6 is 11.8 Å². The van der Waals surface area contributed by atoms with Crippen LogP contribution in [0.3, 0.4) is 0 Å². The second-order valence-corrected chi connectivity index (χ2v) is 6.80. The second-order valence-electron chi connectivity index (χ2n) is 5.81. The Morgan fingerprint density at radius 1 is 1.38 bits per heavy atom. The molecule has 1 fully saturated rings. The van der Waals surface area contributed by atoms with Gasteiger partial charge in [-0.15, -0.1) is 6.42 Å². The molecule has 0 radical (unpaired) electrons. The molecule has 1 aliphatic rings. The zero-order valence-electron chi connectivity index (χ0n) is 14.4. The topological polar surface area (TPSA) is 46.6 Å². The van der Waals surface area contributed by atoms with Gasteiger partial charge >= 0.3 is 0 Å². The van der Waals surface area contributed by atoms with Crippen LogP contribution in [0.1, 0.15) is 43.4 Å². The van der Waals surface area contributed by atoms with Gasteiger partial charge in [-0.3, -0.25) is 14.5 Å². The maximum Gasteiger partial charge on any atom is 0.294 e. The minimum atomic E-state index is -0.331. The van der Waals surface area contributed by atoms with Crippen LogP contribution in [0.4, 0.5) is 4.79 Å². The lowest BCUT2D eigenvalue weighted by Gasteiger charge is -2.16. The van der Waals surface area contributed by atoms with Crippen LogP contribution in [0.2, 0.25) is 0 Å². The third-order valence-corrected chi connectivity index (χ3v) is 4.64. The number of ether oxygens (including phenoxy) is 1. The fourth-order valence-electron chi connectivity index (χ4n) is 2.47. The molecule has 2 rings (SSSR count). The molecule has 1 aliphatic heterocycles. The number of amides is 2. The van der Waals surface area contributed by atoms with Gasteiger partial charge in [0.1, 0.15) is 5.75 Å². The smallest absolute Gasteiger partial charge is 0.294 e. The number of aryl methyl sites for hydroxylation is 1. The largest absolute Gasteiger partial charge is 0.494 e. The van der Waals surface area contributed by atoms with Gasteiger partial charge in [0.2, 0.25) is 0 Å². The van der Waals surface area contributed by atoms with Gasteiger partial charge in [-0.2, -0.15) is 0 Å². The Kier molecular flexibility index (Phi) is 5.74. The van der Waals surface area contributed by atoms with Gasteiger partial charge in [-0.1, -0.05) is 19.8 Å². The van der Waals surface area contributed by atoms with E-state index in [1.165, 1.54) is 0 Å². The molecule has 0 saturated carbocycles. The van der Waals surface area contributed by atoms with Crippen molar-refractivity contribution < 1.29 is 14.3 Å². The lowest BCUT2D eigenvalue weighted by Crippen LogP contribution is -2.28. The first-order valence-corrected chi connectivity index (χ1v) is 8.66. The van der Waals surface area contributed by atoms with E-state index < -0.39 is 0 Å². The third kappa shape index (κ3) is 3.65. The minimum Gasteiger partial charge on any atom is -0.494 e. The van der Waals surface area contributed by atoms with Gasteiger partial charge < -0.3 is 4.74 Å². The molecule has 0 unspecified atom stereocenters. The van der Waals surface area contributed by atoms with Crippen LogP contribution in [0.25, 0.3) is 6.08 Å². The monoisotopic (exact) mass is 343 g/mol. The summed E-state index contributed by atoms with van der Waals surface area (Å²) in [4.78, 5) is 25.7. The minimum absolute atomic E-state index is 0.00150. The summed E-state index contributed by atoms with van der Waals surface area (Å²) >= 11 is 0.926. The number of hydrogen-bond acceptors (Lipinski definition) is 4. The van der Waals surface area contributed by atoms with E-state index in [2.05, 4.69) is 19.8 Å². The Morgan fingerprint density at radius 2 is 2.08 bits per heavy atom. The first kappa shape index (κ1) is 18.2. The summed E-state index contributed by atoms with van der Waals surface area (Å²) in [6.45, 7) is 8.71.